The van der Waals surface area contributed by atoms with Gasteiger partial charge in [-0.05, 0) is 32.8 Å². The van der Waals surface area contributed by atoms with Gasteiger partial charge in [-0.15, -0.1) is 0 Å². The molecule has 0 aromatic heterocycles. The highest BCUT2D eigenvalue weighted by molar-refractivity contribution is 5.80. The van der Waals surface area contributed by atoms with Crippen molar-refractivity contribution in [3.8, 4) is 5.75 Å². The van der Waals surface area contributed by atoms with Gasteiger partial charge in [-0.1, -0.05) is 30.5 Å². The van der Waals surface area contributed by atoms with Crippen molar-refractivity contribution in [1.82, 2.24) is 5.32 Å². The summed E-state index contributed by atoms with van der Waals surface area (Å²) in [5.41, 5.74) is 7.16. The number of amides is 1. The Morgan fingerprint density at radius 3 is 2.87 bits per heavy atom. The Balaban J connectivity index is 2.05. The summed E-state index contributed by atoms with van der Waals surface area (Å²) in [4.78, 5) is 12.4. The first-order chi connectivity index (χ1) is 10.8. The van der Waals surface area contributed by atoms with E-state index in [1.165, 1.54) is 6.07 Å². The van der Waals surface area contributed by atoms with E-state index in [-0.39, 0.29) is 24.1 Å². The van der Waals surface area contributed by atoms with Crippen LogP contribution in [0.4, 0.5) is 8.78 Å². The average molecular weight is 326 g/mol. The van der Waals surface area contributed by atoms with E-state index >= 15 is 0 Å². The number of nitrogens with two attached hydrogens (primary N) is 1. The van der Waals surface area contributed by atoms with E-state index in [0.29, 0.717) is 5.56 Å². The monoisotopic (exact) mass is 326 g/mol. The zero-order valence-corrected chi connectivity index (χ0v) is 13.6. The van der Waals surface area contributed by atoms with Crippen LogP contribution in [0.5, 0.6) is 5.75 Å². The number of hydrogen-bond donors (Lipinski definition) is 2. The molecule has 1 saturated carbocycles. The fourth-order valence-corrected chi connectivity index (χ4v) is 3.15. The molecule has 1 aliphatic carbocycles. The number of carbonyl (C=O) groups excluding carboxylic acids is 1. The van der Waals surface area contributed by atoms with E-state index in [2.05, 4.69) is 10.1 Å². The second-order valence-electron chi connectivity index (χ2n) is 6.51. The number of benzene rings is 1. The van der Waals surface area contributed by atoms with Crippen molar-refractivity contribution >= 4 is 5.91 Å². The zero-order chi connectivity index (χ0) is 17.0. The lowest BCUT2D eigenvalue weighted by Crippen LogP contribution is -2.52. The molecule has 1 fully saturated rings. The highest BCUT2D eigenvalue weighted by Crippen LogP contribution is 2.32. The van der Waals surface area contributed by atoms with E-state index in [1.807, 2.05) is 13.8 Å². The molecule has 1 aromatic rings. The molecular weight excluding hydrogens is 302 g/mol. The lowest BCUT2D eigenvalue weighted by atomic mass is 9.74. The minimum absolute atomic E-state index is 0.0880. The number of ether oxygens (including phenoxy) is 1. The maximum atomic E-state index is 12.5. The van der Waals surface area contributed by atoms with Crippen molar-refractivity contribution in [3.63, 3.8) is 0 Å². The van der Waals surface area contributed by atoms with E-state index in [0.717, 1.165) is 31.2 Å². The van der Waals surface area contributed by atoms with Crippen LogP contribution in [0.25, 0.3) is 0 Å². The van der Waals surface area contributed by atoms with E-state index in [9.17, 15) is 13.6 Å². The number of rotatable bonds is 5. The van der Waals surface area contributed by atoms with Crippen LogP contribution in [0.3, 0.4) is 0 Å². The van der Waals surface area contributed by atoms with Crippen LogP contribution >= 0.6 is 0 Å². The second-order valence-corrected chi connectivity index (χ2v) is 6.51. The molecule has 6 heteroatoms. The predicted molar refractivity (Wildman–Crippen MR) is 84.2 cm³/mol. The zero-order valence-electron chi connectivity index (χ0n) is 13.6. The third-order valence-electron chi connectivity index (χ3n) is 4.46. The van der Waals surface area contributed by atoms with Gasteiger partial charge in [-0.3, -0.25) is 4.79 Å². The summed E-state index contributed by atoms with van der Waals surface area (Å²) >= 11 is 0. The first kappa shape index (κ1) is 17.7. The lowest BCUT2D eigenvalue weighted by molar-refractivity contribution is -0.128. The molecule has 0 saturated heterocycles. The summed E-state index contributed by atoms with van der Waals surface area (Å²) in [6, 6.07) is 4.93. The lowest BCUT2D eigenvalue weighted by Gasteiger charge is -2.37. The van der Waals surface area contributed by atoms with Crippen molar-refractivity contribution in [2.75, 3.05) is 0 Å². The third-order valence-corrected chi connectivity index (χ3v) is 4.46. The minimum Gasteiger partial charge on any atom is -0.434 e. The molecule has 128 valence electrons. The second kappa shape index (κ2) is 7.25. The Morgan fingerprint density at radius 2 is 2.22 bits per heavy atom. The maximum Gasteiger partial charge on any atom is 0.387 e. The largest absolute Gasteiger partial charge is 0.434 e. The molecular formula is C17H24F2N2O2. The van der Waals surface area contributed by atoms with Crippen molar-refractivity contribution in [1.29, 1.82) is 0 Å². The molecule has 1 aliphatic rings. The van der Waals surface area contributed by atoms with Gasteiger partial charge >= 0.3 is 6.61 Å². The number of nitrogens with one attached hydrogen (secondary N) is 1. The maximum absolute atomic E-state index is 12.5. The fraction of sp³-hybridized carbons (Fsp3) is 0.588. The highest BCUT2D eigenvalue weighted by Gasteiger charge is 2.37. The van der Waals surface area contributed by atoms with Gasteiger partial charge in [-0.25, -0.2) is 0 Å². The summed E-state index contributed by atoms with van der Waals surface area (Å²) in [6.45, 7) is 1.01. The van der Waals surface area contributed by atoms with Crippen LogP contribution in [0.15, 0.2) is 18.2 Å². The molecule has 23 heavy (non-hydrogen) atoms. The van der Waals surface area contributed by atoms with Gasteiger partial charge < -0.3 is 15.8 Å². The fourth-order valence-electron chi connectivity index (χ4n) is 3.15. The van der Waals surface area contributed by atoms with Crippen LogP contribution in [-0.4, -0.2) is 18.1 Å². The Labute approximate surface area is 135 Å². The summed E-state index contributed by atoms with van der Waals surface area (Å²) in [6.07, 6.45) is 3.58. The molecule has 4 nitrogen and oxygen atoms in total. The number of carbonyl (C=O) groups is 1. The highest BCUT2D eigenvalue weighted by atomic mass is 19.3. The Kier molecular flexibility index (Phi) is 5.57. The molecule has 1 amide bonds. The van der Waals surface area contributed by atoms with E-state index < -0.39 is 12.2 Å². The summed E-state index contributed by atoms with van der Waals surface area (Å²) in [7, 11) is 0. The topological polar surface area (TPSA) is 64.3 Å². The normalized spacial score (nSPS) is 24.5. The average Bonchev–Trinajstić information content (AvgIpc) is 2.46. The Morgan fingerprint density at radius 1 is 1.48 bits per heavy atom. The molecule has 2 rings (SSSR count). The number of halogens is 2. The quantitative estimate of drug-likeness (QED) is 0.874. The van der Waals surface area contributed by atoms with Crippen LogP contribution < -0.4 is 15.8 Å². The van der Waals surface area contributed by atoms with Gasteiger partial charge in [0.2, 0.25) is 5.91 Å². The van der Waals surface area contributed by atoms with Crippen LogP contribution in [0.2, 0.25) is 0 Å². The van der Waals surface area contributed by atoms with Gasteiger partial charge in [0, 0.05) is 17.6 Å². The van der Waals surface area contributed by atoms with Crippen LogP contribution in [-0.2, 0) is 11.3 Å². The van der Waals surface area contributed by atoms with Gasteiger partial charge in [0.15, 0.2) is 0 Å². The van der Waals surface area contributed by atoms with Crippen molar-refractivity contribution in [2.45, 2.75) is 58.2 Å². The minimum atomic E-state index is -2.89. The standard InChI is InChI=1S/C17H24F2N2O2/c1-11-6-7-14(23-16(18)19)12(9-11)10-21-15(22)13-5-3-4-8-17(13,2)20/h6-7,9,13,16H,3-5,8,10,20H2,1-2H3,(H,21,22). The Hall–Kier alpha value is -1.69. The molecule has 2 atom stereocenters. The smallest absolute Gasteiger partial charge is 0.387 e. The number of aryl methyl sites for hydroxylation is 1. The first-order valence-corrected chi connectivity index (χ1v) is 7.90. The van der Waals surface area contributed by atoms with E-state index in [4.69, 9.17) is 5.73 Å². The SMILES string of the molecule is Cc1ccc(OC(F)F)c(CNC(=O)C2CCCCC2(C)N)c1. The molecule has 0 spiro atoms. The first-order valence-electron chi connectivity index (χ1n) is 7.90. The van der Waals surface area contributed by atoms with Crippen molar-refractivity contribution < 1.29 is 18.3 Å². The van der Waals surface area contributed by atoms with Crippen molar-refractivity contribution in [2.24, 2.45) is 11.7 Å². The van der Waals surface area contributed by atoms with Gasteiger partial charge in [0.05, 0.1) is 5.92 Å². The molecule has 0 bridgehead atoms. The summed E-state index contributed by atoms with van der Waals surface area (Å²) in [5, 5.41) is 2.82. The van der Waals surface area contributed by atoms with Gasteiger partial charge in [-0.2, -0.15) is 8.78 Å². The molecule has 3 N–H and O–H groups in total. The van der Waals surface area contributed by atoms with E-state index in [1.54, 1.807) is 12.1 Å². The molecule has 1 aromatic carbocycles. The summed E-state index contributed by atoms with van der Waals surface area (Å²) in [5.74, 6) is -0.287. The molecule has 0 aliphatic heterocycles. The third kappa shape index (κ3) is 4.64. The summed E-state index contributed by atoms with van der Waals surface area (Å²) < 4.78 is 29.4. The number of hydrogen-bond acceptors (Lipinski definition) is 3. The molecule has 0 radical (unpaired) electrons. The number of alkyl halides is 2. The molecule has 2 unspecified atom stereocenters. The molecule has 0 heterocycles. The van der Waals surface area contributed by atoms with Crippen LogP contribution in [0.1, 0.15) is 43.7 Å². The van der Waals surface area contributed by atoms with Crippen LogP contribution in [0, 0.1) is 12.8 Å². The van der Waals surface area contributed by atoms with Crippen molar-refractivity contribution in [3.05, 3.63) is 29.3 Å². The van der Waals surface area contributed by atoms with Gasteiger partial charge in [0.25, 0.3) is 0 Å². The predicted octanol–water partition coefficient (Wildman–Crippen LogP) is 3.12. The van der Waals surface area contributed by atoms with Gasteiger partial charge in [0.1, 0.15) is 5.75 Å². The Bertz CT molecular complexity index is 562.